The summed E-state index contributed by atoms with van der Waals surface area (Å²) in [5.74, 6) is -1.18. The lowest BCUT2D eigenvalue weighted by atomic mass is 10.00. The molecule has 2 aromatic rings. The summed E-state index contributed by atoms with van der Waals surface area (Å²) in [5, 5.41) is 0. The molecular weight excluding hydrogens is 300 g/mol. The van der Waals surface area contributed by atoms with Crippen LogP contribution in [-0.4, -0.2) is 0 Å². The van der Waals surface area contributed by atoms with Crippen LogP contribution in [0.4, 0.5) is 14.5 Å². The van der Waals surface area contributed by atoms with Gasteiger partial charge >= 0.3 is 0 Å². The van der Waals surface area contributed by atoms with Crippen LogP contribution >= 0.6 is 15.9 Å². The highest BCUT2D eigenvalue weighted by atomic mass is 79.9. The summed E-state index contributed by atoms with van der Waals surface area (Å²) in [5.41, 5.74) is 7.77. The topological polar surface area (TPSA) is 26.0 Å². The van der Waals surface area contributed by atoms with Crippen LogP contribution in [0.3, 0.4) is 0 Å². The van der Waals surface area contributed by atoms with Crippen molar-refractivity contribution in [1.82, 2.24) is 0 Å². The number of anilines is 1. The van der Waals surface area contributed by atoms with E-state index in [4.69, 9.17) is 5.73 Å². The van der Waals surface area contributed by atoms with E-state index in [1.165, 1.54) is 12.1 Å². The van der Waals surface area contributed by atoms with E-state index in [1.807, 2.05) is 6.92 Å². The molecule has 0 spiro atoms. The van der Waals surface area contributed by atoms with E-state index >= 15 is 0 Å². The third-order valence-electron chi connectivity index (χ3n) is 2.86. The van der Waals surface area contributed by atoms with E-state index in [2.05, 4.69) is 15.9 Å². The van der Waals surface area contributed by atoms with Gasteiger partial charge in [-0.1, -0.05) is 13.0 Å². The summed E-state index contributed by atoms with van der Waals surface area (Å²) in [6, 6.07) is 7.62. The van der Waals surface area contributed by atoms with Crippen molar-refractivity contribution in [3.05, 3.63) is 52.0 Å². The minimum Gasteiger partial charge on any atom is -0.399 e. The second kappa shape index (κ2) is 5.06. The molecule has 2 N–H and O–H groups in total. The summed E-state index contributed by atoms with van der Waals surface area (Å²) in [6.07, 6.45) is 0.719. The first kappa shape index (κ1) is 13.0. The molecule has 2 rings (SSSR count). The number of halogens is 3. The Morgan fingerprint density at radius 1 is 1.17 bits per heavy atom. The fraction of sp³-hybridized carbons (Fsp3) is 0.143. The smallest absolute Gasteiger partial charge is 0.148 e. The summed E-state index contributed by atoms with van der Waals surface area (Å²) in [7, 11) is 0. The van der Waals surface area contributed by atoms with Crippen molar-refractivity contribution in [2.45, 2.75) is 13.3 Å². The molecule has 0 aliphatic carbocycles. The largest absolute Gasteiger partial charge is 0.399 e. The van der Waals surface area contributed by atoms with E-state index in [9.17, 15) is 8.78 Å². The lowest BCUT2D eigenvalue weighted by Gasteiger charge is -2.10. The highest BCUT2D eigenvalue weighted by molar-refractivity contribution is 9.10. The first-order valence-electron chi connectivity index (χ1n) is 5.56. The lowest BCUT2D eigenvalue weighted by Crippen LogP contribution is -1.96. The first-order chi connectivity index (χ1) is 8.54. The van der Waals surface area contributed by atoms with Crippen molar-refractivity contribution in [2.75, 3.05) is 5.73 Å². The van der Waals surface area contributed by atoms with Crippen molar-refractivity contribution >= 4 is 21.6 Å². The molecule has 0 aliphatic rings. The zero-order valence-corrected chi connectivity index (χ0v) is 11.4. The Balaban J connectivity index is 2.65. The Kier molecular flexibility index (Phi) is 3.66. The number of benzene rings is 2. The maximum atomic E-state index is 14.0. The van der Waals surface area contributed by atoms with Crippen LogP contribution in [0, 0.1) is 11.6 Å². The average molecular weight is 312 g/mol. The van der Waals surface area contributed by atoms with Crippen LogP contribution in [0.5, 0.6) is 0 Å². The summed E-state index contributed by atoms with van der Waals surface area (Å²) >= 11 is 3.06. The fourth-order valence-electron chi connectivity index (χ4n) is 1.86. The molecule has 0 radical (unpaired) electrons. The molecule has 1 nitrogen and oxygen atoms in total. The molecule has 0 saturated heterocycles. The van der Waals surface area contributed by atoms with Gasteiger partial charge in [0.2, 0.25) is 0 Å². The third-order valence-corrected chi connectivity index (χ3v) is 3.47. The highest BCUT2D eigenvalue weighted by Gasteiger charge is 2.15. The second-order valence-corrected chi connectivity index (χ2v) is 4.84. The van der Waals surface area contributed by atoms with E-state index < -0.39 is 11.6 Å². The van der Waals surface area contributed by atoms with Crippen molar-refractivity contribution in [1.29, 1.82) is 0 Å². The van der Waals surface area contributed by atoms with Gasteiger partial charge in [-0.3, -0.25) is 0 Å². The van der Waals surface area contributed by atoms with Gasteiger partial charge in [0.15, 0.2) is 0 Å². The van der Waals surface area contributed by atoms with Crippen LogP contribution in [0.2, 0.25) is 0 Å². The number of rotatable bonds is 2. The summed E-state index contributed by atoms with van der Waals surface area (Å²) in [4.78, 5) is 0. The zero-order valence-electron chi connectivity index (χ0n) is 9.81. The maximum absolute atomic E-state index is 14.0. The van der Waals surface area contributed by atoms with Crippen LogP contribution in [0.15, 0.2) is 34.8 Å². The molecule has 94 valence electrons. The number of aryl methyl sites for hydroxylation is 1. The highest BCUT2D eigenvalue weighted by Crippen LogP contribution is 2.32. The SMILES string of the molecule is CCc1cc(-c2c(F)ccc(Br)c2F)ccc1N. The van der Waals surface area contributed by atoms with Crippen molar-refractivity contribution in [3.63, 3.8) is 0 Å². The molecule has 4 heteroatoms. The van der Waals surface area contributed by atoms with Crippen LogP contribution in [0.1, 0.15) is 12.5 Å². The normalized spacial score (nSPS) is 10.7. The summed E-state index contributed by atoms with van der Waals surface area (Å²) in [6.45, 7) is 1.95. The van der Waals surface area contributed by atoms with E-state index in [-0.39, 0.29) is 10.0 Å². The molecule has 0 fully saturated rings. The first-order valence-corrected chi connectivity index (χ1v) is 6.36. The minimum atomic E-state index is -0.596. The van der Waals surface area contributed by atoms with Gasteiger partial charge in [0.25, 0.3) is 0 Å². The Morgan fingerprint density at radius 2 is 1.89 bits per heavy atom. The quantitative estimate of drug-likeness (QED) is 0.639. The molecule has 18 heavy (non-hydrogen) atoms. The van der Waals surface area contributed by atoms with Gasteiger partial charge in [-0.05, 0) is 57.7 Å². The van der Waals surface area contributed by atoms with Crippen LogP contribution < -0.4 is 5.73 Å². The molecule has 0 aromatic heterocycles. The fourth-order valence-corrected chi connectivity index (χ4v) is 2.19. The molecule has 0 amide bonds. The second-order valence-electron chi connectivity index (χ2n) is 3.99. The number of nitrogens with two attached hydrogens (primary N) is 1. The van der Waals surface area contributed by atoms with Gasteiger partial charge in [0, 0.05) is 5.69 Å². The average Bonchev–Trinajstić information content (AvgIpc) is 2.36. The molecule has 2 aromatic carbocycles. The minimum absolute atomic E-state index is 0.0286. The summed E-state index contributed by atoms with van der Waals surface area (Å²) < 4.78 is 28.0. The van der Waals surface area contributed by atoms with Gasteiger partial charge in [0.05, 0.1) is 10.0 Å². The van der Waals surface area contributed by atoms with E-state index in [0.29, 0.717) is 11.3 Å². The molecule has 0 aliphatic heterocycles. The Bertz CT molecular complexity index is 597. The van der Waals surface area contributed by atoms with Gasteiger partial charge < -0.3 is 5.73 Å². The van der Waals surface area contributed by atoms with Crippen molar-refractivity contribution in [3.8, 4) is 11.1 Å². The predicted octanol–water partition coefficient (Wildman–Crippen LogP) is 4.54. The molecule has 0 unspecified atom stereocenters. The molecular formula is C14H12BrF2N. The van der Waals surface area contributed by atoms with Crippen molar-refractivity contribution in [2.24, 2.45) is 0 Å². The standard InChI is InChI=1S/C14H12BrF2N/c1-2-8-7-9(3-6-12(8)18)13-11(16)5-4-10(15)14(13)17/h3-7H,2,18H2,1H3. The third kappa shape index (κ3) is 2.25. The van der Waals surface area contributed by atoms with Gasteiger partial charge in [0.1, 0.15) is 11.6 Å². The van der Waals surface area contributed by atoms with Gasteiger partial charge in [-0.2, -0.15) is 0 Å². The molecule has 0 atom stereocenters. The van der Waals surface area contributed by atoms with Crippen LogP contribution in [-0.2, 0) is 6.42 Å². The Labute approximate surface area is 113 Å². The van der Waals surface area contributed by atoms with Gasteiger partial charge in [-0.15, -0.1) is 0 Å². The van der Waals surface area contributed by atoms with Gasteiger partial charge in [-0.25, -0.2) is 8.78 Å². The van der Waals surface area contributed by atoms with E-state index in [0.717, 1.165) is 12.0 Å². The Morgan fingerprint density at radius 3 is 2.56 bits per heavy atom. The Hall–Kier alpha value is -1.42. The predicted molar refractivity (Wildman–Crippen MR) is 73.3 cm³/mol. The number of hydrogen-bond acceptors (Lipinski definition) is 1. The molecule has 0 heterocycles. The lowest BCUT2D eigenvalue weighted by molar-refractivity contribution is 0.585. The number of hydrogen-bond donors (Lipinski definition) is 1. The number of nitrogen functional groups attached to an aromatic ring is 1. The molecule has 0 saturated carbocycles. The zero-order chi connectivity index (χ0) is 13.3. The monoisotopic (exact) mass is 311 g/mol. The van der Waals surface area contributed by atoms with Crippen molar-refractivity contribution < 1.29 is 8.78 Å². The maximum Gasteiger partial charge on any atom is 0.148 e. The van der Waals surface area contributed by atoms with E-state index in [1.54, 1.807) is 18.2 Å². The van der Waals surface area contributed by atoms with Crippen LogP contribution in [0.25, 0.3) is 11.1 Å². The molecule has 0 bridgehead atoms.